The maximum atomic E-state index is 6.82. The van der Waals surface area contributed by atoms with Crippen LogP contribution in [0.5, 0.6) is 0 Å². The second-order valence-corrected chi connectivity index (χ2v) is 8.80. The van der Waals surface area contributed by atoms with Gasteiger partial charge in [-0.3, -0.25) is 0 Å². The van der Waals surface area contributed by atoms with Gasteiger partial charge in [-0.15, -0.1) is 30.7 Å². The molecule has 0 aromatic heterocycles. The van der Waals surface area contributed by atoms with Gasteiger partial charge in [0.1, 0.15) is 11.6 Å². The number of benzene rings is 2. The molecule has 2 unspecified atom stereocenters. The van der Waals surface area contributed by atoms with Gasteiger partial charge in [0.15, 0.2) is 0 Å². The summed E-state index contributed by atoms with van der Waals surface area (Å²) in [5.74, 6) is 1.09. The SMILES string of the molecule is C=CCOC(c1ccc(Cl)cc1)C(Cl)N1C=CN(CCCSc2ccccc2)C1.Cl. The minimum absolute atomic E-state index is 0. The van der Waals surface area contributed by atoms with Crippen molar-refractivity contribution in [3.05, 3.63) is 90.2 Å². The Hall–Kier alpha value is -1.30. The van der Waals surface area contributed by atoms with Crippen molar-refractivity contribution in [3.63, 3.8) is 0 Å². The van der Waals surface area contributed by atoms with Gasteiger partial charge >= 0.3 is 0 Å². The Morgan fingerprint density at radius 1 is 1.10 bits per heavy atom. The Morgan fingerprint density at radius 2 is 1.83 bits per heavy atom. The summed E-state index contributed by atoms with van der Waals surface area (Å²) in [5.41, 5.74) is 0.679. The van der Waals surface area contributed by atoms with Gasteiger partial charge in [0.05, 0.1) is 13.3 Å². The zero-order valence-corrected chi connectivity index (χ0v) is 19.8. The Bertz CT molecular complexity index is 789. The Labute approximate surface area is 200 Å². The lowest BCUT2D eigenvalue weighted by molar-refractivity contribution is 0.0341. The van der Waals surface area contributed by atoms with Gasteiger partial charge in [-0.1, -0.05) is 59.6 Å². The van der Waals surface area contributed by atoms with Crippen LogP contribution in [-0.4, -0.2) is 40.9 Å². The smallest absolute Gasteiger partial charge is 0.135 e. The van der Waals surface area contributed by atoms with Crippen LogP contribution in [0.2, 0.25) is 5.02 Å². The second kappa shape index (κ2) is 13.2. The molecule has 0 saturated heterocycles. The molecule has 3 rings (SSSR count). The molecule has 0 bridgehead atoms. The van der Waals surface area contributed by atoms with E-state index >= 15 is 0 Å². The van der Waals surface area contributed by atoms with Crippen LogP contribution >= 0.6 is 47.4 Å². The van der Waals surface area contributed by atoms with Crippen molar-refractivity contribution in [1.29, 1.82) is 0 Å². The van der Waals surface area contributed by atoms with E-state index in [2.05, 4.69) is 46.8 Å². The molecule has 0 radical (unpaired) electrons. The largest absolute Gasteiger partial charge is 0.366 e. The fourth-order valence-corrected chi connectivity index (χ4v) is 4.43. The standard InChI is InChI=1S/C23H26Cl2N2OS.ClH/c1-2-16-28-22(19-9-11-20(24)12-10-19)23(25)27-15-14-26(18-27)13-6-17-29-21-7-4-3-5-8-21;/h2-5,7-12,14-15,22-23H,1,6,13,16-18H2;1H. The summed E-state index contributed by atoms with van der Waals surface area (Å²) in [6, 6.07) is 18.2. The Kier molecular flexibility index (Phi) is 11.0. The van der Waals surface area contributed by atoms with Crippen molar-refractivity contribution in [2.24, 2.45) is 0 Å². The number of thioether (sulfide) groups is 1. The van der Waals surface area contributed by atoms with Crippen LogP contribution in [-0.2, 0) is 4.74 Å². The molecule has 1 aliphatic rings. The van der Waals surface area contributed by atoms with Crippen LogP contribution < -0.4 is 0 Å². The number of hydrogen-bond donors (Lipinski definition) is 0. The Morgan fingerprint density at radius 3 is 2.53 bits per heavy atom. The first-order chi connectivity index (χ1) is 14.2. The minimum Gasteiger partial charge on any atom is -0.366 e. The highest BCUT2D eigenvalue weighted by Crippen LogP contribution is 2.31. The third-order valence-electron chi connectivity index (χ3n) is 4.57. The molecule has 1 aliphatic heterocycles. The van der Waals surface area contributed by atoms with Crippen LogP contribution in [0.25, 0.3) is 0 Å². The number of nitrogens with zero attached hydrogens (tertiary/aromatic N) is 2. The molecule has 0 saturated carbocycles. The van der Waals surface area contributed by atoms with Crippen molar-refractivity contribution in [1.82, 2.24) is 9.80 Å². The van der Waals surface area contributed by atoms with Gasteiger partial charge in [0.2, 0.25) is 0 Å². The highest BCUT2D eigenvalue weighted by Gasteiger charge is 2.29. The molecule has 3 nitrogen and oxygen atoms in total. The van der Waals surface area contributed by atoms with E-state index in [1.807, 2.05) is 48.3 Å². The molecule has 7 heteroatoms. The number of hydrogen-bond acceptors (Lipinski definition) is 4. The van der Waals surface area contributed by atoms with Crippen molar-refractivity contribution in [2.75, 3.05) is 25.6 Å². The fraction of sp³-hybridized carbons (Fsp3) is 0.304. The lowest BCUT2D eigenvalue weighted by Gasteiger charge is -2.31. The van der Waals surface area contributed by atoms with E-state index in [0.29, 0.717) is 11.6 Å². The summed E-state index contributed by atoms with van der Waals surface area (Å²) >= 11 is 14.7. The average Bonchev–Trinajstić information content (AvgIpc) is 3.22. The molecule has 2 atom stereocenters. The molecule has 0 spiro atoms. The van der Waals surface area contributed by atoms with E-state index in [-0.39, 0.29) is 24.0 Å². The predicted octanol–water partition coefficient (Wildman–Crippen LogP) is 6.80. The molecule has 30 heavy (non-hydrogen) atoms. The van der Waals surface area contributed by atoms with Crippen molar-refractivity contribution >= 4 is 47.4 Å². The number of alkyl halides is 1. The second-order valence-electron chi connectivity index (χ2n) is 6.75. The van der Waals surface area contributed by atoms with Crippen molar-refractivity contribution in [3.8, 4) is 0 Å². The van der Waals surface area contributed by atoms with Gasteiger partial charge < -0.3 is 14.5 Å². The summed E-state index contributed by atoms with van der Waals surface area (Å²) in [7, 11) is 0. The Balaban J connectivity index is 0.00000320. The van der Waals surface area contributed by atoms with E-state index in [4.69, 9.17) is 27.9 Å². The number of halogens is 3. The molecule has 0 amide bonds. The molecule has 0 N–H and O–H groups in total. The van der Waals surface area contributed by atoms with Crippen LogP contribution in [0.3, 0.4) is 0 Å². The first kappa shape index (κ1) is 25.0. The third kappa shape index (κ3) is 7.44. The molecule has 0 fully saturated rings. The molecule has 0 aliphatic carbocycles. The molecule has 2 aromatic rings. The third-order valence-corrected chi connectivity index (χ3v) is 6.40. The van der Waals surface area contributed by atoms with Crippen LogP contribution in [0.1, 0.15) is 18.1 Å². The van der Waals surface area contributed by atoms with E-state index in [0.717, 1.165) is 31.0 Å². The van der Waals surface area contributed by atoms with Crippen LogP contribution in [0.15, 0.2) is 84.5 Å². The van der Waals surface area contributed by atoms with Crippen LogP contribution in [0, 0.1) is 0 Å². The maximum Gasteiger partial charge on any atom is 0.135 e. The summed E-state index contributed by atoms with van der Waals surface area (Å²) in [6.45, 7) is 5.94. The van der Waals surface area contributed by atoms with Gasteiger partial charge in [-0.25, -0.2) is 0 Å². The van der Waals surface area contributed by atoms with Crippen LogP contribution in [0.4, 0.5) is 0 Å². The van der Waals surface area contributed by atoms with E-state index in [1.54, 1.807) is 6.08 Å². The molecule has 1 heterocycles. The highest BCUT2D eigenvalue weighted by atomic mass is 35.5. The minimum atomic E-state index is -0.323. The summed E-state index contributed by atoms with van der Waals surface area (Å²) in [6.07, 6.45) is 6.73. The van der Waals surface area contributed by atoms with E-state index in [1.165, 1.54) is 4.90 Å². The molecule has 2 aromatic carbocycles. The first-order valence-corrected chi connectivity index (χ1v) is 11.5. The summed E-state index contributed by atoms with van der Waals surface area (Å²) < 4.78 is 5.98. The lowest BCUT2D eigenvalue weighted by atomic mass is 10.1. The fourth-order valence-electron chi connectivity index (χ4n) is 3.10. The normalized spacial score (nSPS) is 15.0. The van der Waals surface area contributed by atoms with Gasteiger partial charge in [0.25, 0.3) is 0 Å². The van der Waals surface area contributed by atoms with Crippen molar-refractivity contribution in [2.45, 2.75) is 22.9 Å². The van der Waals surface area contributed by atoms with Gasteiger partial charge in [0, 0.05) is 28.9 Å². The summed E-state index contributed by atoms with van der Waals surface area (Å²) in [5, 5.41) is 0.697. The van der Waals surface area contributed by atoms with E-state index < -0.39 is 0 Å². The highest BCUT2D eigenvalue weighted by molar-refractivity contribution is 7.99. The number of rotatable bonds is 11. The average molecular weight is 486 g/mol. The predicted molar refractivity (Wildman–Crippen MR) is 132 cm³/mol. The number of ether oxygens (including phenoxy) is 1. The lowest BCUT2D eigenvalue weighted by Crippen LogP contribution is -2.36. The van der Waals surface area contributed by atoms with Gasteiger partial charge in [-0.05, 0) is 42.0 Å². The maximum absolute atomic E-state index is 6.82. The zero-order valence-electron chi connectivity index (χ0n) is 16.7. The molecular formula is C23H27Cl3N2OS. The van der Waals surface area contributed by atoms with Crippen molar-refractivity contribution < 1.29 is 4.74 Å². The molecular weight excluding hydrogens is 459 g/mol. The zero-order chi connectivity index (χ0) is 20.5. The summed E-state index contributed by atoms with van der Waals surface area (Å²) in [4.78, 5) is 5.71. The first-order valence-electron chi connectivity index (χ1n) is 9.65. The van der Waals surface area contributed by atoms with E-state index in [9.17, 15) is 0 Å². The monoisotopic (exact) mass is 484 g/mol. The molecule has 162 valence electrons. The topological polar surface area (TPSA) is 15.7 Å². The quantitative estimate of drug-likeness (QED) is 0.114. The van der Waals surface area contributed by atoms with Gasteiger partial charge in [-0.2, -0.15) is 0 Å².